The Labute approximate surface area is 134 Å². The zero-order chi connectivity index (χ0) is 15.2. The van der Waals surface area contributed by atoms with Crippen LogP contribution in [0.3, 0.4) is 0 Å². The lowest BCUT2D eigenvalue weighted by Crippen LogP contribution is -2.60. The first-order chi connectivity index (χ1) is 10.8. The lowest BCUT2D eigenvalue weighted by Gasteiger charge is -2.31. The minimum atomic E-state index is -0.341. The summed E-state index contributed by atoms with van der Waals surface area (Å²) in [5, 5.41) is 3.00. The first kappa shape index (κ1) is 15.1. The second-order valence-electron chi connectivity index (χ2n) is 5.13. The molecule has 2 atom stereocenters. The second-order valence-corrected chi connectivity index (χ2v) is 6.34. The number of aryl methyl sites for hydroxylation is 1. The molecule has 0 radical (unpaired) electrons. The summed E-state index contributed by atoms with van der Waals surface area (Å²) < 4.78 is 0. The molecule has 3 N–H and O–H groups in total. The predicted molar refractivity (Wildman–Crippen MR) is 90.0 cm³/mol. The van der Waals surface area contributed by atoms with Gasteiger partial charge in [-0.2, -0.15) is 0 Å². The van der Waals surface area contributed by atoms with Gasteiger partial charge in [-0.25, -0.2) is 10.9 Å². The number of hydrogen-bond acceptors (Lipinski definition) is 4. The SMILES string of the molecule is O=C1NC(SCCc2ccccc2)NNC1c1ccccc1. The average molecular weight is 313 g/mol. The lowest BCUT2D eigenvalue weighted by molar-refractivity contribution is -0.125. The van der Waals surface area contributed by atoms with Crippen LogP contribution in [0.5, 0.6) is 0 Å². The van der Waals surface area contributed by atoms with Crippen LogP contribution in [0, 0.1) is 0 Å². The number of hydrazine groups is 1. The minimum absolute atomic E-state index is 0.00200. The third-order valence-electron chi connectivity index (χ3n) is 3.55. The van der Waals surface area contributed by atoms with Gasteiger partial charge in [-0.1, -0.05) is 60.7 Å². The smallest absolute Gasteiger partial charge is 0.244 e. The zero-order valence-corrected chi connectivity index (χ0v) is 13.0. The van der Waals surface area contributed by atoms with Crippen LogP contribution in [0.1, 0.15) is 17.2 Å². The summed E-state index contributed by atoms with van der Waals surface area (Å²) in [5.74, 6) is 0.946. The molecule has 0 aromatic heterocycles. The van der Waals surface area contributed by atoms with E-state index in [1.54, 1.807) is 11.8 Å². The van der Waals surface area contributed by atoms with Crippen LogP contribution in [0.25, 0.3) is 0 Å². The van der Waals surface area contributed by atoms with Gasteiger partial charge in [0, 0.05) is 5.75 Å². The average Bonchev–Trinajstić information content (AvgIpc) is 2.57. The molecule has 1 amide bonds. The number of hydrogen-bond donors (Lipinski definition) is 3. The number of rotatable bonds is 5. The molecule has 3 rings (SSSR count). The van der Waals surface area contributed by atoms with E-state index < -0.39 is 0 Å². The summed E-state index contributed by atoms with van der Waals surface area (Å²) in [5.41, 5.74) is 8.44. The Morgan fingerprint density at radius 3 is 2.27 bits per heavy atom. The van der Waals surface area contributed by atoms with E-state index in [4.69, 9.17) is 0 Å². The van der Waals surface area contributed by atoms with Gasteiger partial charge in [0.15, 0.2) is 0 Å². The van der Waals surface area contributed by atoms with Gasteiger partial charge in [0.2, 0.25) is 5.91 Å². The first-order valence-corrected chi connectivity index (χ1v) is 8.40. The molecule has 2 unspecified atom stereocenters. The third kappa shape index (κ3) is 3.88. The molecule has 2 aromatic rings. The van der Waals surface area contributed by atoms with Crippen LogP contribution in [-0.2, 0) is 11.2 Å². The van der Waals surface area contributed by atoms with Gasteiger partial charge in [0.05, 0.1) is 0 Å². The van der Waals surface area contributed by atoms with Crippen molar-refractivity contribution >= 4 is 17.7 Å². The number of amides is 1. The molecule has 1 aliphatic rings. The normalized spacial score (nSPS) is 21.4. The number of carbonyl (C=O) groups excluding carboxylic acids is 1. The van der Waals surface area contributed by atoms with Gasteiger partial charge >= 0.3 is 0 Å². The third-order valence-corrected chi connectivity index (χ3v) is 4.55. The van der Waals surface area contributed by atoms with E-state index in [0.717, 1.165) is 17.7 Å². The molecule has 0 saturated carbocycles. The molecule has 1 aliphatic heterocycles. The summed E-state index contributed by atoms with van der Waals surface area (Å²) in [6.45, 7) is 0. The summed E-state index contributed by atoms with van der Waals surface area (Å²) in [4.78, 5) is 12.2. The fourth-order valence-electron chi connectivity index (χ4n) is 2.38. The Morgan fingerprint density at radius 1 is 0.909 bits per heavy atom. The molecule has 1 heterocycles. The molecule has 114 valence electrons. The van der Waals surface area contributed by atoms with E-state index in [2.05, 4.69) is 28.3 Å². The molecule has 22 heavy (non-hydrogen) atoms. The van der Waals surface area contributed by atoms with Gasteiger partial charge in [0.25, 0.3) is 0 Å². The van der Waals surface area contributed by atoms with Crippen LogP contribution < -0.4 is 16.2 Å². The maximum atomic E-state index is 12.2. The van der Waals surface area contributed by atoms with Crippen molar-refractivity contribution in [3.05, 3.63) is 71.8 Å². The monoisotopic (exact) mass is 313 g/mol. The van der Waals surface area contributed by atoms with Gasteiger partial charge in [-0.15, -0.1) is 11.8 Å². The Balaban J connectivity index is 1.47. The molecule has 0 spiro atoms. The molecule has 0 aliphatic carbocycles. The Kier molecular flexibility index (Phi) is 5.11. The van der Waals surface area contributed by atoms with Crippen molar-refractivity contribution in [2.75, 3.05) is 5.75 Å². The second kappa shape index (κ2) is 7.45. The Hall–Kier alpha value is -1.82. The highest BCUT2D eigenvalue weighted by atomic mass is 32.2. The quantitative estimate of drug-likeness (QED) is 0.792. The first-order valence-electron chi connectivity index (χ1n) is 7.35. The van der Waals surface area contributed by atoms with E-state index in [-0.39, 0.29) is 17.4 Å². The van der Waals surface area contributed by atoms with E-state index in [0.29, 0.717) is 0 Å². The Bertz CT molecular complexity index is 604. The number of nitrogens with one attached hydrogen (secondary N) is 3. The van der Waals surface area contributed by atoms with Crippen LogP contribution in [0.15, 0.2) is 60.7 Å². The van der Waals surface area contributed by atoms with Gasteiger partial charge < -0.3 is 5.32 Å². The lowest BCUT2D eigenvalue weighted by atomic mass is 10.1. The maximum absolute atomic E-state index is 12.2. The van der Waals surface area contributed by atoms with Crippen LogP contribution in [0.4, 0.5) is 0 Å². The Morgan fingerprint density at radius 2 is 1.59 bits per heavy atom. The van der Waals surface area contributed by atoms with Crippen LogP contribution in [-0.4, -0.2) is 17.2 Å². The fraction of sp³-hybridized carbons (Fsp3) is 0.235. The van der Waals surface area contributed by atoms with Crippen molar-refractivity contribution < 1.29 is 4.79 Å². The van der Waals surface area contributed by atoms with Crippen LogP contribution in [0.2, 0.25) is 0 Å². The molecule has 4 nitrogen and oxygen atoms in total. The zero-order valence-electron chi connectivity index (χ0n) is 12.2. The molecule has 1 fully saturated rings. The summed E-state index contributed by atoms with van der Waals surface area (Å²) >= 11 is 1.69. The highest BCUT2D eigenvalue weighted by Gasteiger charge is 2.28. The highest BCUT2D eigenvalue weighted by Crippen LogP contribution is 2.18. The van der Waals surface area contributed by atoms with Gasteiger partial charge in [0.1, 0.15) is 11.5 Å². The van der Waals surface area contributed by atoms with Crippen molar-refractivity contribution in [2.45, 2.75) is 18.0 Å². The van der Waals surface area contributed by atoms with Crippen molar-refractivity contribution in [1.29, 1.82) is 0 Å². The molecule has 1 saturated heterocycles. The number of carbonyl (C=O) groups is 1. The summed E-state index contributed by atoms with van der Waals surface area (Å²) in [6.07, 6.45) is 0.988. The van der Waals surface area contributed by atoms with Crippen LogP contribution >= 0.6 is 11.8 Å². The standard InChI is InChI=1S/C17H19N3OS/c21-16-15(14-9-5-2-6-10-14)19-20-17(18-16)22-12-11-13-7-3-1-4-8-13/h1-10,15,17,19-20H,11-12H2,(H,18,21). The molecular weight excluding hydrogens is 294 g/mol. The minimum Gasteiger partial charge on any atom is -0.329 e. The van der Waals surface area contributed by atoms with E-state index in [1.807, 2.05) is 48.5 Å². The van der Waals surface area contributed by atoms with Crippen molar-refractivity contribution in [3.8, 4) is 0 Å². The molecule has 2 aromatic carbocycles. The largest absolute Gasteiger partial charge is 0.329 e. The topological polar surface area (TPSA) is 53.2 Å². The summed E-state index contributed by atoms with van der Waals surface area (Å²) in [7, 11) is 0. The van der Waals surface area contributed by atoms with Gasteiger partial charge in [-0.05, 0) is 17.5 Å². The van der Waals surface area contributed by atoms with E-state index >= 15 is 0 Å². The number of thioether (sulfide) groups is 1. The molecular formula is C17H19N3OS. The highest BCUT2D eigenvalue weighted by molar-refractivity contribution is 7.99. The molecule has 0 bridgehead atoms. The van der Waals surface area contributed by atoms with Crippen molar-refractivity contribution in [1.82, 2.24) is 16.2 Å². The van der Waals surface area contributed by atoms with Crippen molar-refractivity contribution in [2.24, 2.45) is 0 Å². The summed E-state index contributed by atoms with van der Waals surface area (Å²) in [6, 6.07) is 19.7. The predicted octanol–water partition coefficient (Wildman–Crippen LogP) is 2.21. The van der Waals surface area contributed by atoms with E-state index in [1.165, 1.54) is 5.56 Å². The van der Waals surface area contributed by atoms with E-state index in [9.17, 15) is 4.79 Å². The fourth-order valence-corrected chi connectivity index (χ4v) is 3.32. The van der Waals surface area contributed by atoms with Crippen molar-refractivity contribution in [3.63, 3.8) is 0 Å². The number of benzene rings is 2. The molecule has 5 heteroatoms. The maximum Gasteiger partial charge on any atom is 0.244 e. The van der Waals surface area contributed by atoms with Gasteiger partial charge in [-0.3, -0.25) is 4.79 Å².